The Morgan fingerprint density at radius 2 is 0.883 bits per heavy atom. The van der Waals surface area contributed by atoms with Gasteiger partial charge in [0.05, 0.1) is 19.8 Å². The number of phosphoric ester groups is 1. The van der Waals surface area contributed by atoms with Gasteiger partial charge in [-0.3, -0.25) is 13.8 Å². The molecule has 0 fully saturated rings. The molecule has 0 aliphatic carbocycles. The van der Waals surface area contributed by atoms with Crippen molar-refractivity contribution in [1.82, 2.24) is 0 Å². The first-order chi connectivity index (χ1) is 29.4. The second-order valence-electron chi connectivity index (χ2n) is 14.5. The Morgan fingerprint density at radius 3 is 1.32 bits per heavy atom. The standard InChI is InChI=1S/C51H84NO7P/c1-3-5-7-9-11-13-15-17-19-21-23-25-26-28-30-32-34-36-38-40-42-44-51(53)59-50(49-58-60(54,55)57-47-45-52)48-56-46-43-41-39-37-35-33-31-29-27-24-22-20-18-16-14-12-10-8-6-4-2/h5-8,11-14,17-20,23-25,27-28,30-31,33,50H,3-4,9-10,15-16,21-22,26,29,32,34-49,52H2,1-2H3,(H,54,55)/b7-5-,8-6-,13-11-,14-12-,19-17-,20-18-,25-23-,27-24-,30-28-,33-31-. The summed E-state index contributed by atoms with van der Waals surface area (Å²) in [6, 6.07) is 0. The minimum Gasteiger partial charge on any atom is -0.457 e. The van der Waals surface area contributed by atoms with Crippen LogP contribution in [-0.2, 0) is 27.9 Å². The van der Waals surface area contributed by atoms with E-state index in [0.717, 1.165) is 135 Å². The maximum atomic E-state index is 12.6. The first-order valence-electron chi connectivity index (χ1n) is 23.0. The molecule has 0 heterocycles. The highest BCUT2D eigenvalue weighted by atomic mass is 31.2. The van der Waals surface area contributed by atoms with E-state index in [9.17, 15) is 14.3 Å². The van der Waals surface area contributed by atoms with Crippen LogP contribution >= 0.6 is 7.82 Å². The Morgan fingerprint density at radius 1 is 0.500 bits per heavy atom. The summed E-state index contributed by atoms with van der Waals surface area (Å²) < 4.78 is 33.5. The van der Waals surface area contributed by atoms with E-state index in [1.807, 2.05) is 0 Å². The molecule has 340 valence electrons. The van der Waals surface area contributed by atoms with E-state index >= 15 is 0 Å². The van der Waals surface area contributed by atoms with Crippen molar-refractivity contribution in [3.8, 4) is 0 Å². The maximum absolute atomic E-state index is 12.6. The molecule has 9 heteroatoms. The molecule has 2 atom stereocenters. The van der Waals surface area contributed by atoms with Gasteiger partial charge in [0.2, 0.25) is 0 Å². The highest BCUT2D eigenvalue weighted by molar-refractivity contribution is 7.47. The highest BCUT2D eigenvalue weighted by Gasteiger charge is 2.25. The Balaban J connectivity index is 4.15. The van der Waals surface area contributed by atoms with Crippen molar-refractivity contribution in [2.45, 2.75) is 161 Å². The molecule has 3 N–H and O–H groups in total. The number of carbonyl (C=O) groups is 1. The van der Waals surface area contributed by atoms with Gasteiger partial charge in [-0.05, 0) is 103 Å². The quantitative estimate of drug-likeness (QED) is 0.0270. The third kappa shape index (κ3) is 46.0. The van der Waals surface area contributed by atoms with Gasteiger partial charge in [0.25, 0.3) is 0 Å². The minimum atomic E-state index is -4.30. The van der Waals surface area contributed by atoms with Crippen LogP contribution < -0.4 is 5.73 Å². The number of esters is 1. The number of rotatable bonds is 42. The number of hydrogen-bond donors (Lipinski definition) is 2. The van der Waals surface area contributed by atoms with Crippen molar-refractivity contribution < 1.29 is 32.8 Å². The third-order valence-electron chi connectivity index (χ3n) is 8.87. The topological polar surface area (TPSA) is 117 Å². The lowest BCUT2D eigenvalue weighted by molar-refractivity contribution is -0.154. The first-order valence-corrected chi connectivity index (χ1v) is 24.5. The van der Waals surface area contributed by atoms with Gasteiger partial charge in [0, 0.05) is 19.6 Å². The Labute approximate surface area is 366 Å². The summed E-state index contributed by atoms with van der Waals surface area (Å²) in [5.74, 6) is -0.364. The monoisotopic (exact) mass is 854 g/mol. The van der Waals surface area contributed by atoms with Crippen LogP contribution in [0.2, 0.25) is 0 Å². The van der Waals surface area contributed by atoms with E-state index in [0.29, 0.717) is 6.61 Å². The van der Waals surface area contributed by atoms with Crippen molar-refractivity contribution in [3.63, 3.8) is 0 Å². The van der Waals surface area contributed by atoms with Crippen LogP contribution in [0.25, 0.3) is 0 Å². The minimum absolute atomic E-state index is 0.0818. The van der Waals surface area contributed by atoms with Gasteiger partial charge in [0.1, 0.15) is 6.10 Å². The Kier molecular flexibility index (Phi) is 44.5. The summed E-state index contributed by atoms with van der Waals surface area (Å²) >= 11 is 0. The lowest BCUT2D eigenvalue weighted by Gasteiger charge is -2.20. The zero-order valence-electron chi connectivity index (χ0n) is 37.6. The lowest BCUT2D eigenvalue weighted by atomic mass is 10.1. The predicted octanol–water partition coefficient (Wildman–Crippen LogP) is 14.2. The van der Waals surface area contributed by atoms with E-state index in [2.05, 4.69) is 135 Å². The molecule has 2 unspecified atom stereocenters. The number of carbonyl (C=O) groups excluding carboxylic acids is 1. The van der Waals surface area contributed by atoms with Gasteiger partial charge in [-0.2, -0.15) is 0 Å². The van der Waals surface area contributed by atoms with E-state index in [4.69, 9.17) is 24.3 Å². The average molecular weight is 854 g/mol. The van der Waals surface area contributed by atoms with Crippen LogP contribution in [0.3, 0.4) is 0 Å². The van der Waals surface area contributed by atoms with Gasteiger partial charge >= 0.3 is 13.8 Å². The molecular weight excluding hydrogens is 770 g/mol. The van der Waals surface area contributed by atoms with Gasteiger partial charge in [-0.25, -0.2) is 4.57 Å². The number of hydrogen-bond acceptors (Lipinski definition) is 7. The molecule has 0 amide bonds. The summed E-state index contributed by atoms with van der Waals surface area (Å²) in [7, 11) is -4.30. The number of nitrogens with two attached hydrogens (primary N) is 1. The van der Waals surface area contributed by atoms with E-state index in [1.165, 1.54) is 0 Å². The highest BCUT2D eigenvalue weighted by Crippen LogP contribution is 2.43. The molecule has 0 aliphatic heterocycles. The van der Waals surface area contributed by atoms with Crippen LogP contribution in [-0.4, -0.2) is 49.9 Å². The molecule has 0 bridgehead atoms. The van der Waals surface area contributed by atoms with Crippen molar-refractivity contribution in [1.29, 1.82) is 0 Å². The summed E-state index contributed by atoms with van der Waals surface area (Å²) in [5, 5.41) is 0. The van der Waals surface area contributed by atoms with Crippen molar-refractivity contribution >= 4 is 13.8 Å². The fourth-order valence-electron chi connectivity index (χ4n) is 5.58. The fourth-order valence-corrected chi connectivity index (χ4v) is 6.34. The van der Waals surface area contributed by atoms with Gasteiger partial charge < -0.3 is 20.1 Å². The number of unbranched alkanes of at least 4 members (excludes halogenated alkanes) is 9. The third-order valence-corrected chi connectivity index (χ3v) is 9.86. The molecule has 0 saturated carbocycles. The molecule has 0 aromatic carbocycles. The van der Waals surface area contributed by atoms with E-state index in [-0.39, 0.29) is 38.8 Å². The Bertz CT molecular complexity index is 1320. The van der Waals surface area contributed by atoms with Crippen LogP contribution in [0.1, 0.15) is 155 Å². The summed E-state index contributed by atoms with van der Waals surface area (Å²) in [6.07, 6.45) is 65.0. The second kappa shape index (κ2) is 47.0. The van der Waals surface area contributed by atoms with Crippen LogP contribution in [0.4, 0.5) is 0 Å². The van der Waals surface area contributed by atoms with Gasteiger partial charge in [0.15, 0.2) is 0 Å². The maximum Gasteiger partial charge on any atom is 0.472 e. The van der Waals surface area contributed by atoms with Crippen molar-refractivity contribution in [2.24, 2.45) is 5.73 Å². The number of allylic oxidation sites excluding steroid dienone is 20. The van der Waals surface area contributed by atoms with Gasteiger partial charge in [-0.1, -0.05) is 167 Å². The zero-order chi connectivity index (χ0) is 43.7. The smallest absolute Gasteiger partial charge is 0.457 e. The molecule has 8 nitrogen and oxygen atoms in total. The van der Waals surface area contributed by atoms with E-state index in [1.54, 1.807) is 0 Å². The summed E-state index contributed by atoms with van der Waals surface area (Å²) in [5.41, 5.74) is 5.37. The first kappa shape index (κ1) is 56.9. The molecular formula is C51H84NO7P. The number of phosphoric acid groups is 1. The lowest BCUT2D eigenvalue weighted by Crippen LogP contribution is -2.28. The molecule has 0 aromatic heterocycles. The SMILES string of the molecule is CC/C=C\C/C=C\C/C=C\C/C=C\C/C=C\CCCCCCCC(=O)OC(COCCCCCC/C=C\C/C=C\C/C=C\C/C=C\C/C=C\CC)COP(=O)(O)OCCN. The largest absolute Gasteiger partial charge is 0.472 e. The molecule has 60 heavy (non-hydrogen) atoms. The average Bonchev–Trinajstić information content (AvgIpc) is 3.24. The molecule has 0 aliphatic rings. The number of ether oxygens (including phenoxy) is 2. The van der Waals surface area contributed by atoms with Crippen molar-refractivity contribution in [3.05, 3.63) is 122 Å². The van der Waals surface area contributed by atoms with Crippen LogP contribution in [0.15, 0.2) is 122 Å². The predicted molar refractivity (Wildman–Crippen MR) is 256 cm³/mol. The Hall–Kier alpha value is -3.10. The molecule has 0 saturated heterocycles. The fraction of sp³-hybridized carbons (Fsp3) is 0.588. The van der Waals surface area contributed by atoms with E-state index < -0.39 is 13.9 Å². The summed E-state index contributed by atoms with van der Waals surface area (Å²) in [4.78, 5) is 22.5. The molecule has 0 radical (unpaired) electrons. The van der Waals surface area contributed by atoms with Crippen LogP contribution in [0.5, 0.6) is 0 Å². The second-order valence-corrected chi connectivity index (χ2v) is 16.0. The zero-order valence-corrected chi connectivity index (χ0v) is 38.5. The summed E-state index contributed by atoms with van der Waals surface area (Å²) in [6.45, 7) is 4.57. The van der Waals surface area contributed by atoms with Crippen LogP contribution in [0, 0.1) is 0 Å². The molecule has 0 rings (SSSR count). The van der Waals surface area contributed by atoms with Gasteiger partial charge in [-0.15, -0.1) is 0 Å². The van der Waals surface area contributed by atoms with Crippen molar-refractivity contribution in [2.75, 3.05) is 33.0 Å². The molecule has 0 aromatic rings. The molecule has 0 spiro atoms. The normalized spacial score (nSPS) is 14.5.